The molecule has 0 saturated heterocycles. The third kappa shape index (κ3) is 5.15. The van der Waals surface area contributed by atoms with Crippen molar-refractivity contribution in [1.29, 1.82) is 0 Å². The van der Waals surface area contributed by atoms with Crippen LogP contribution in [0.15, 0.2) is 0 Å². The Morgan fingerprint density at radius 2 is 1.67 bits per heavy atom. The molecule has 36 heavy (non-hydrogen) atoms. The van der Waals surface area contributed by atoms with Gasteiger partial charge in [0.05, 0.1) is 31.0 Å². The second kappa shape index (κ2) is 10.4. The van der Waals surface area contributed by atoms with E-state index in [0.29, 0.717) is 18.8 Å². The molecule has 0 aliphatic heterocycles. The summed E-state index contributed by atoms with van der Waals surface area (Å²) < 4.78 is 34.9. The molecule has 4 rings (SSSR count). The molecular formula is C27H48O8S. The second-order valence-corrected chi connectivity index (χ2v) is 14.4. The maximum Gasteiger partial charge on any atom is 0.397 e. The van der Waals surface area contributed by atoms with Gasteiger partial charge >= 0.3 is 10.4 Å². The Hall–Kier alpha value is -0.290. The highest BCUT2D eigenvalue weighted by Crippen LogP contribution is 2.68. The molecule has 9 heteroatoms. The fraction of sp³-hybridized carbons (Fsp3) is 1.00. The Kier molecular flexibility index (Phi) is 8.26. The Morgan fingerprint density at radius 1 is 0.972 bits per heavy atom. The Morgan fingerprint density at radius 3 is 2.33 bits per heavy atom. The van der Waals surface area contributed by atoms with E-state index in [1.54, 1.807) is 6.92 Å². The summed E-state index contributed by atoms with van der Waals surface area (Å²) in [5, 5.41) is 43.9. The molecule has 4 saturated carbocycles. The molecule has 0 aromatic heterocycles. The summed E-state index contributed by atoms with van der Waals surface area (Å²) in [4.78, 5) is 0. The van der Waals surface area contributed by atoms with Gasteiger partial charge in [-0.25, -0.2) is 4.18 Å². The monoisotopic (exact) mass is 532 g/mol. The van der Waals surface area contributed by atoms with Crippen LogP contribution in [0.3, 0.4) is 0 Å². The summed E-state index contributed by atoms with van der Waals surface area (Å²) in [5.74, 6) is 1.10. The first-order valence-electron chi connectivity index (χ1n) is 14.0. The van der Waals surface area contributed by atoms with Crippen LogP contribution in [0.4, 0.5) is 0 Å². The van der Waals surface area contributed by atoms with Gasteiger partial charge in [0.2, 0.25) is 0 Å². The Bertz CT molecular complexity index is 881. The highest BCUT2D eigenvalue weighted by molar-refractivity contribution is 7.80. The molecule has 4 aliphatic carbocycles. The average molecular weight is 533 g/mol. The van der Waals surface area contributed by atoms with E-state index in [0.717, 1.165) is 44.9 Å². The van der Waals surface area contributed by atoms with E-state index in [1.807, 2.05) is 0 Å². The maximum absolute atomic E-state index is 11.7. The maximum atomic E-state index is 11.7. The van der Waals surface area contributed by atoms with Gasteiger partial charge in [0, 0.05) is 5.92 Å². The minimum atomic E-state index is -4.53. The minimum Gasteiger partial charge on any atom is -0.393 e. The van der Waals surface area contributed by atoms with Gasteiger partial charge in [-0.3, -0.25) is 4.55 Å². The van der Waals surface area contributed by atoms with Crippen molar-refractivity contribution in [3.63, 3.8) is 0 Å². The first kappa shape index (κ1) is 28.7. The predicted octanol–water partition coefficient (Wildman–Crippen LogP) is 3.18. The summed E-state index contributed by atoms with van der Waals surface area (Å²) in [7, 11) is -4.53. The van der Waals surface area contributed by atoms with Crippen molar-refractivity contribution in [2.75, 3.05) is 6.61 Å². The predicted molar refractivity (Wildman–Crippen MR) is 135 cm³/mol. The fourth-order valence-electron chi connectivity index (χ4n) is 9.36. The zero-order valence-corrected chi connectivity index (χ0v) is 23.1. The molecule has 0 radical (unpaired) electrons. The van der Waals surface area contributed by atoms with Crippen molar-refractivity contribution in [3.8, 4) is 0 Å². The van der Waals surface area contributed by atoms with Crippen LogP contribution < -0.4 is 0 Å². The number of aliphatic hydroxyl groups is 4. The SMILES string of the molecule is C[C@H](CC[C@@H](O)[C@@H](C)COS(=O)(=O)O)[C@H]1CCC2C3C(O)C[C@@H]4C[C@H](O)CC[C@]4(C)C3C[C@H](O)[C@@]21C. The van der Waals surface area contributed by atoms with Gasteiger partial charge in [-0.1, -0.05) is 27.7 Å². The fourth-order valence-corrected chi connectivity index (χ4v) is 9.74. The third-order valence-electron chi connectivity index (χ3n) is 11.6. The normalized spacial score (nSPS) is 47.4. The molecule has 0 spiro atoms. The highest BCUT2D eigenvalue weighted by atomic mass is 32.3. The number of hydrogen-bond donors (Lipinski definition) is 5. The largest absolute Gasteiger partial charge is 0.397 e. The first-order chi connectivity index (χ1) is 16.7. The van der Waals surface area contributed by atoms with Crippen LogP contribution in [0.5, 0.6) is 0 Å². The Labute approximate surface area is 216 Å². The van der Waals surface area contributed by atoms with Crippen molar-refractivity contribution < 1.29 is 37.6 Å². The van der Waals surface area contributed by atoms with Gasteiger partial charge in [0.15, 0.2) is 0 Å². The van der Waals surface area contributed by atoms with E-state index < -0.39 is 34.6 Å². The summed E-state index contributed by atoms with van der Waals surface area (Å²) >= 11 is 0. The van der Waals surface area contributed by atoms with Crippen LogP contribution in [0.1, 0.15) is 85.5 Å². The van der Waals surface area contributed by atoms with Crippen LogP contribution in [0.25, 0.3) is 0 Å². The molecule has 4 aliphatic rings. The lowest BCUT2D eigenvalue weighted by molar-refractivity contribution is -0.207. The smallest absolute Gasteiger partial charge is 0.393 e. The lowest BCUT2D eigenvalue weighted by Crippen LogP contribution is -2.62. The number of fused-ring (bicyclic) bond motifs is 5. The van der Waals surface area contributed by atoms with Crippen molar-refractivity contribution in [2.45, 2.75) is 110 Å². The van der Waals surface area contributed by atoms with Gasteiger partial charge < -0.3 is 20.4 Å². The molecule has 4 unspecified atom stereocenters. The summed E-state index contributed by atoms with van der Waals surface area (Å²) in [6.07, 6.45) is 5.31. The zero-order chi connectivity index (χ0) is 26.6. The van der Waals surface area contributed by atoms with Gasteiger partial charge in [-0.05, 0) is 104 Å². The molecule has 4 fully saturated rings. The van der Waals surface area contributed by atoms with Crippen molar-refractivity contribution in [3.05, 3.63) is 0 Å². The Balaban J connectivity index is 1.44. The van der Waals surface area contributed by atoms with Gasteiger partial charge in [-0.2, -0.15) is 8.42 Å². The van der Waals surface area contributed by atoms with Crippen LogP contribution in [-0.4, -0.2) is 64.4 Å². The van der Waals surface area contributed by atoms with Crippen LogP contribution in [0.2, 0.25) is 0 Å². The van der Waals surface area contributed by atoms with E-state index in [-0.39, 0.29) is 53.1 Å². The summed E-state index contributed by atoms with van der Waals surface area (Å²) in [5.41, 5.74) is -0.233. The standard InChI is InChI=1S/C27H48O8S/c1-15(5-8-22(29)16(2)14-35-36(32,33)34)19-6-7-20-25-21(13-24(31)27(19,20)4)26(3)10-9-18(28)11-17(26)12-23(25)30/h15-25,28-31H,5-14H2,1-4H3,(H,32,33,34)/t15-,16+,17+,18-,19-,20?,21?,22-,23?,24+,25?,26+,27-/m1/s1. The quantitative estimate of drug-likeness (QED) is 0.300. The molecule has 210 valence electrons. The molecule has 0 bridgehead atoms. The highest BCUT2D eigenvalue weighted by Gasteiger charge is 2.65. The molecule has 5 N–H and O–H groups in total. The number of hydrogen-bond acceptors (Lipinski definition) is 7. The van der Waals surface area contributed by atoms with Gasteiger partial charge in [-0.15, -0.1) is 0 Å². The lowest BCUT2D eigenvalue weighted by Gasteiger charge is -2.63. The molecule has 8 nitrogen and oxygen atoms in total. The van der Waals surface area contributed by atoms with Gasteiger partial charge in [0.1, 0.15) is 0 Å². The minimum absolute atomic E-state index is 0.0551. The molecule has 0 aromatic rings. The molecule has 13 atom stereocenters. The van der Waals surface area contributed by atoms with Crippen molar-refractivity contribution in [2.24, 2.45) is 52.3 Å². The topological polar surface area (TPSA) is 145 Å². The molecule has 0 amide bonds. The van der Waals surface area contributed by atoms with E-state index in [2.05, 4.69) is 25.0 Å². The van der Waals surface area contributed by atoms with E-state index in [4.69, 9.17) is 4.55 Å². The molecular weight excluding hydrogens is 484 g/mol. The third-order valence-corrected chi connectivity index (χ3v) is 12.0. The van der Waals surface area contributed by atoms with E-state index in [9.17, 15) is 28.8 Å². The van der Waals surface area contributed by atoms with Crippen LogP contribution in [0, 0.1) is 52.3 Å². The summed E-state index contributed by atoms with van der Waals surface area (Å²) in [6, 6.07) is 0. The summed E-state index contributed by atoms with van der Waals surface area (Å²) in [6.45, 7) is 8.17. The second-order valence-electron chi connectivity index (χ2n) is 13.3. The number of aliphatic hydroxyl groups excluding tert-OH is 4. The van der Waals surface area contributed by atoms with Crippen molar-refractivity contribution >= 4 is 10.4 Å². The van der Waals surface area contributed by atoms with Crippen molar-refractivity contribution in [1.82, 2.24) is 0 Å². The lowest BCUT2D eigenvalue weighted by atomic mass is 9.43. The number of rotatable bonds is 8. The van der Waals surface area contributed by atoms with Gasteiger partial charge in [0.25, 0.3) is 0 Å². The average Bonchev–Trinajstić information content (AvgIpc) is 3.15. The molecule has 0 heterocycles. The zero-order valence-electron chi connectivity index (χ0n) is 22.3. The first-order valence-corrected chi connectivity index (χ1v) is 15.4. The van der Waals surface area contributed by atoms with Crippen LogP contribution >= 0.6 is 0 Å². The molecule has 0 aromatic carbocycles. The van der Waals surface area contributed by atoms with E-state index in [1.165, 1.54) is 0 Å². The van der Waals surface area contributed by atoms with E-state index >= 15 is 0 Å². The van der Waals surface area contributed by atoms with Crippen LogP contribution in [-0.2, 0) is 14.6 Å².